The van der Waals surface area contributed by atoms with Gasteiger partial charge in [0, 0.05) is 60.8 Å². The molecule has 2 aromatic heterocycles. The van der Waals surface area contributed by atoms with Gasteiger partial charge in [-0.2, -0.15) is 0 Å². The van der Waals surface area contributed by atoms with Crippen LogP contribution in [0.2, 0.25) is 0 Å². The molecule has 4 N–H and O–H groups in total. The highest BCUT2D eigenvalue weighted by Gasteiger charge is 2.28. The summed E-state index contributed by atoms with van der Waals surface area (Å²) in [6, 6.07) is 23.6. The quantitative estimate of drug-likeness (QED) is 0.174. The minimum Gasteiger partial charge on any atom is -0.354 e. The molecule has 0 radical (unpaired) electrons. The molecule has 0 aliphatic heterocycles. The van der Waals surface area contributed by atoms with Crippen molar-refractivity contribution in [3.63, 3.8) is 0 Å². The fourth-order valence-corrected chi connectivity index (χ4v) is 4.71. The second kappa shape index (κ2) is 15.9. The molecule has 10 heteroatoms. The molecule has 0 fully saturated rings. The van der Waals surface area contributed by atoms with Crippen LogP contribution in [0.15, 0.2) is 110 Å². The number of nitrogens with one attached hydrogen (secondary N) is 4. The van der Waals surface area contributed by atoms with Crippen molar-refractivity contribution in [2.24, 2.45) is 0 Å². The zero-order valence-electron chi connectivity index (χ0n) is 25.4. The van der Waals surface area contributed by atoms with E-state index < -0.39 is 17.6 Å². The second-order valence-corrected chi connectivity index (χ2v) is 11.3. The molecule has 0 saturated carbocycles. The van der Waals surface area contributed by atoms with Crippen LogP contribution in [-0.2, 0) is 22.4 Å². The summed E-state index contributed by atoms with van der Waals surface area (Å²) in [5.41, 5.74) is 1.88. The smallest absolute Gasteiger partial charge is 0.252 e. The number of carbonyl (C=O) groups excluding carboxylic acids is 4. The molecule has 4 rings (SSSR count). The lowest BCUT2D eigenvalue weighted by Gasteiger charge is -2.30. The van der Waals surface area contributed by atoms with Crippen LogP contribution in [0.3, 0.4) is 0 Å². The molecular formula is C35H38N6O4. The molecule has 0 bridgehead atoms. The highest BCUT2D eigenvalue weighted by molar-refractivity contribution is 5.98. The van der Waals surface area contributed by atoms with Gasteiger partial charge in [-0.15, -0.1) is 0 Å². The van der Waals surface area contributed by atoms with Crippen LogP contribution < -0.4 is 21.3 Å². The summed E-state index contributed by atoms with van der Waals surface area (Å²) in [7, 11) is 0. The molecule has 1 unspecified atom stereocenters. The van der Waals surface area contributed by atoms with Gasteiger partial charge in [-0.1, -0.05) is 60.7 Å². The van der Waals surface area contributed by atoms with Crippen molar-refractivity contribution in [1.82, 2.24) is 31.2 Å². The summed E-state index contributed by atoms with van der Waals surface area (Å²) in [6.07, 6.45) is 7.09. The summed E-state index contributed by atoms with van der Waals surface area (Å²) in [6.45, 7) is 3.96. The first-order chi connectivity index (χ1) is 21.7. The second-order valence-electron chi connectivity index (χ2n) is 11.3. The molecule has 4 aromatic rings. The molecule has 0 aliphatic rings. The van der Waals surface area contributed by atoms with Crippen LogP contribution in [-0.4, -0.2) is 57.8 Å². The lowest BCUT2D eigenvalue weighted by molar-refractivity contribution is -0.124. The van der Waals surface area contributed by atoms with Crippen molar-refractivity contribution in [1.29, 1.82) is 0 Å². The summed E-state index contributed by atoms with van der Waals surface area (Å²) >= 11 is 0. The molecule has 2 atom stereocenters. The van der Waals surface area contributed by atoms with Gasteiger partial charge < -0.3 is 21.3 Å². The average molecular weight is 607 g/mol. The van der Waals surface area contributed by atoms with Gasteiger partial charge in [0.1, 0.15) is 12.1 Å². The molecule has 2 heterocycles. The van der Waals surface area contributed by atoms with Gasteiger partial charge in [-0.05, 0) is 55.7 Å². The van der Waals surface area contributed by atoms with E-state index in [0.29, 0.717) is 30.4 Å². The first-order valence-electron chi connectivity index (χ1n) is 14.8. The van der Waals surface area contributed by atoms with Crippen molar-refractivity contribution in [3.8, 4) is 0 Å². The van der Waals surface area contributed by atoms with Gasteiger partial charge in [-0.3, -0.25) is 29.1 Å². The Morgan fingerprint density at radius 1 is 0.622 bits per heavy atom. The van der Waals surface area contributed by atoms with Crippen molar-refractivity contribution in [2.75, 3.05) is 6.54 Å². The number of aromatic nitrogens is 2. The SMILES string of the molecule is CC(C)(CCNC(=O)[C@H](Cc1ccccc1)NC(=O)c1ccncc1)NC(=O)C(Cc1ccccc1)NC(=O)c1ccncc1. The van der Waals surface area contributed by atoms with E-state index in [9.17, 15) is 19.2 Å². The molecule has 0 saturated heterocycles. The summed E-state index contributed by atoms with van der Waals surface area (Å²) in [5, 5.41) is 11.7. The van der Waals surface area contributed by atoms with Crippen molar-refractivity contribution >= 4 is 23.6 Å². The zero-order valence-corrected chi connectivity index (χ0v) is 25.4. The van der Waals surface area contributed by atoms with Crippen molar-refractivity contribution in [3.05, 3.63) is 132 Å². The van der Waals surface area contributed by atoms with Crippen LogP contribution >= 0.6 is 0 Å². The van der Waals surface area contributed by atoms with E-state index in [-0.39, 0.29) is 30.2 Å². The Bertz CT molecular complexity index is 1550. The van der Waals surface area contributed by atoms with Crippen LogP contribution in [0.1, 0.15) is 52.1 Å². The highest BCUT2D eigenvalue weighted by Crippen LogP contribution is 2.12. The van der Waals surface area contributed by atoms with E-state index in [1.807, 2.05) is 74.5 Å². The molecule has 4 amide bonds. The predicted octanol–water partition coefficient (Wildman–Crippen LogP) is 3.26. The number of hydrogen-bond acceptors (Lipinski definition) is 6. The molecule has 232 valence electrons. The summed E-state index contributed by atoms with van der Waals surface area (Å²) < 4.78 is 0. The maximum absolute atomic E-state index is 13.5. The Balaban J connectivity index is 1.37. The van der Waals surface area contributed by atoms with E-state index in [2.05, 4.69) is 31.2 Å². The Morgan fingerprint density at radius 2 is 1.04 bits per heavy atom. The highest BCUT2D eigenvalue weighted by atomic mass is 16.2. The van der Waals surface area contributed by atoms with Crippen molar-refractivity contribution in [2.45, 2.75) is 50.7 Å². The molecule has 2 aromatic carbocycles. The predicted molar refractivity (Wildman–Crippen MR) is 171 cm³/mol. The number of rotatable bonds is 14. The lowest BCUT2D eigenvalue weighted by atomic mass is 9.98. The number of nitrogens with zero attached hydrogens (tertiary/aromatic N) is 2. The lowest BCUT2D eigenvalue weighted by Crippen LogP contribution is -2.55. The number of hydrogen-bond donors (Lipinski definition) is 4. The molecule has 10 nitrogen and oxygen atoms in total. The van der Waals surface area contributed by atoms with Gasteiger partial charge in [0.15, 0.2) is 0 Å². The van der Waals surface area contributed by atoms with E-state index in [4.69, 9.17) is 0 Å². The molecule has 0 aliphatic carbocycles. The van der Waals surface area contributed by atoms with Crippen molar-refractivity contribution < 1.29 is 19.2 Å². The average Bonchev–Trinajstić information content (AvgIpc) is 3.05. The Labute approximate surface area is 263 Å². The first kappa shape index (κ1) is 32.5. The minimum atomic E-state index is -0.833. The van der Waals surface area contributed by atoms with E-state index in [1.54, 1.807) is 24.3 Å². The molecule has 45 heavy (non-hydrogen) atoms. The number of pyridine rings is 2. The van der Waals surface area contributed by atoms with Gasteiger partial charge in [0.05, 0.1) is 0 Å². The maximum Gasteiger partial charge on any atom is 0.252 e. The van der Waals surface area contributed by atoms with Gasteiger partial charge in [0.25, 0.3) is 11.8 Å². The van der Waals surface area contributed by atoms with E-state index in [1.165, 1.54) is 24.8 Å². The third kappa shape index (κ3) is 10.4. The third-order valence-electron chi connectivity index (χ3n) is 7.20. The van der Waals surface area contributed by atoms with Crippen LogP contribution in [0.5, 0.6) is 0 Å². The monoisotopic (exact) mass is 606 g/mol. The number of carbonyl (C=O) groups is 4. The van der Waals surface area contributed by atoms with E-state index in [0.717, 1.165) is 11.1 Å². The fourth-order valence-electron chi connectivity index (χ4n) is 4.71. The van der Waals surface area contributed by atoms with Crippen LogP contribution in [0.4, 0.5) is 0 Å². The molecule has 0 spiro atoms. The first-order valence-corrected chi connectivity index (χ1v) is 14.8. The van der Waals surface area contributed by atoms with Gasteiger partial charge >= 0.3 is 0 Å². The summed E-state index contributed by atoms with van der Waals surface area (Å²) in [4.78, 5) is 60.5. The normalized spacial score (nSPS) is 12.3. The number of amides is 4. The fraction of sp³-hybridized carbons (Fsp3) is 0.257. The largest absolute Gasteiger partial charge is 0.354 e. The van der Waals surface area contributed by atoms with Crippen LogP contribution in [0, 0.1) is 0 Å². The number of benzene rings is 2. The third-order valence-corrected chi connectivity index (χ3v) is 7.20. The summed E-state index contributed by atoms with van der Waals surface area (Å²) in [5.74, 6) is -1.43. The Hall–Kier alpha value is -5.38. The van der Waals surface area contributed by atoms with Crippen LogP contribution in [0.25, 0.3) is 0 Å². The standard InChI is InChI=1S/C35H38N6O4/c1-35(2,41-34(45)30(24-26-11-7-4-8-12-26)40-32(43)28-15-20-37-21-16-28)17-22-38-33(44)29(23-25-9-5-3-6-10-25)39-31(42)27-13-18-36-19-14-27/h3-16,18-21,29-30H,17,22-24H2,1-2H3,(H,38,44)(H,39,42)(H,40,43)(H,41,45)/t29-,30?/m0/s1. The Kier molecular flexibility index (Phi) is 11.5. The topological polar surface area (TPSA) is 142 Å². The minimum absolute atomic E-state index is 0.245. The van der Waals surface area contributed by atoms with E-state index >= 15 is 0 Å². The Morgan fingerprint density at radius 3 is 1.49 bits per heavy atom. The van der Waals surface area contributed by atoms with Gasteiger partial charge in [-0.25, -0.2) is 0 Å². The van der Waals surface area contributed by atoms with Gasteiger partial charge in [0.2, 0.25) is 11.8 Å². The maximum atomic E-state index is 13.5. The zero-order chi connectivity index (χ0) is 32.1. The molecular weight excluding hydrogens is 568 g/mol.